The molecule has 1 saturated heterocycles. The lowest BCUT2D eigenvalue weighted by molar-refractivity contribution is -0.141. The van der Waals surface area contributed by atoms with Crippen LogP contribution in [-0.2, 0) is 13.2 Å². The highest BCUT2D eigenvalue weighted by atomic mass is 19.4. The molecule has 0 spiro atoms. The molecule has 3 rings (SSSR count). The van der Waals surface area contributed by atoms with Crippen molar-refractivity contribution in [1.82, 2.24) is 19.9 Å². The van der Waals surface area contributed by atoms with Crippen molar-refractivity contribution in [2.45, 2.75) is 31.5 Å². The Morgan fingerprint density at radius 3 is 2.73 bits per heavy atom. The van der Waals surface area contributed by atoms with Crippen molar-refractivity contribution in [2.24, 2.45) is 7.05 Å². The largest absolute Gasteiger partial charge is 0.433 e. The Balaban J connectivity index is 1.97. The normalized spacial score (nSPS) is 18.0. The van der Waals surface area contributed by atoms with Gasteiger partial charge in [0.05, 0.1) is 6.04 Å². The van der Waals surface area contributed by atoms with Crippen molar-refractivity contribution in [3.05, 3.63) is 41.5 Å². The van der Waals surface area contributed by atoms with Gasteiger partial charge in [-0.1, -0.05) is 0 Å². The smallest absolute Gasteiger partial charge is 0.354 e. The summed E-state index contributed by atoms with van der Waals surface area (Å²) in [5.41, 5.74) is 0.395. The van der Waals surface area contributed by atoms with Gasteiger partial charge in [0.1, 0.15) is 11.4 Å². The lowest BCUT2D eigenvalue weighted by Crippen LogP contribution is -2.36. The average molecular weight is 367 g/mol. The van der Waals surface area contributed by atoms with Gasteiger partial charge in [0.15, 0.2) is 0 Å². The number of nitrogens with one attached hydrogen (secondary N) is 1. The van der Waals surface area contributed by atoms with Crippen LogP contribution in [0.5, 0.6) is 0 Å². The van der Waals surface area contributed by atoms with Gasteiger partial charge in [0.25, 0.3) is 5.91 Å². The van der Waals surface area contributed by atoms with Crippen molar-refractivity contribution in [2.75, 3.05) is 18.5 Å². The second kappa shape index (κ2) is 6.97. The second-order valence-corrected chi connectivity index (χ2v) is 6.23. The Morgan fingerprint density at radius 2 is 2.04 bits per heavy atom. The summed E-state index contributed by atoms with van der Waals surface area (Å²) in [4.78, 5) is 21.5. The number of nitrogens with zero attached hydrogens (tertiary/aromatic N) is 4. The van der Waals surface area contributed by atoms with E-state index in [1.807, 2.05) is 6.07 Å². The van der Waals surface area contributed by atoms with Crippen molar-refractivity contribution in [1.29, 1.82) is 0 Å². The molecule has 0 saturated carbocycles. The highest BCUT2D eigenvalue weighted by molar-refractivity contribution is 5.92. The van der Waals surface area contributed by atoms with E-state index in [-0.39, 0.29) is 17.9 Å². The first-order valence-electron chi connectivity index (χ1n) is 8.37. The Labute approximate surface area is 149 Å². The molecule has 1 fully saturated rings. The Kier molecular flexibility index (Phi) is 4.88. The summed E-state index contributed by atoms with van der Waals surface area (Å²) < 4.78 is 40.8. The minimum Gasteiger partial charge on any atom is -0.354 e. The monoisotopic (exact) mass is 367 g/mol. The number of rotatable bonds is 3. The molecule has 1 atom stereocenters. The van der Waals surface area contributed by atoms with E-state index in [0.717, 1.165) is 37.2 Å². The summed E-state index contributed by atoms with van der Waals surface area (Å²) >= 11 is 0. The van der Waals surface area contributed by atoms with Crippen LogP contribution in [0.25, 0.3) is 0 Å². The molecular formula is C17H20F3N5O. The van der Waals surface area contributed by atoms with Crippen molar-refractivity contribution in [3.63, 3.8) is 0 Å². The predicted molar refractivity (Wildman–Crippen MR) is 89.8 cm³/mol. The van der Waals surface area contributed by atoms with Crippen LogP contribution >= 0.6 is 0 Å². The molecule has 9 heteroatoms. The van der Waals surface area contributed by atoms with Crippen LogP contribution in [0.15, 0.2) is 24.4 Å². The maximum Gasteiger partial charge on any atom is 0.433 e. The standard InChI is InChI=1S/C17H20F3N5O/c1-21-15(26)13-7-6-11(24(13)2)12-5-3-4-10-25(12)16-22-9-8-14(23-16)17(18,19)20/h6-9,12H,3-5,10H2,1-2H3,(H,21,26)/t12-/m0/s1. The summed E-state index contributed by atoms with van der Waals surface area (Å²) in [6.07, 6.45) is -0.827. The minimum atomic E-state index is -4.51. The van der Waals surface area contributed by atoms with Crippen molar-refractivity contribution in [3.8, 4) is 0 Å². The van der Waals surface area contributed by atoms with Crippen LogP contribution in [-0.4, -0.2) is 34.0 Å². The van der Waals surface area contributed by atoms with Crippen molar-refractivity contribution >= 4 is 11.9 Å². The summed E-state index contributed by atoms with van der Waals surface area (Å²) in [5, 5.41) is 2.58. The average Bonchev–Trinajstić information content (AvgIpc) is 3.02. The van der Waals surface area contributed by atoms with Crippen molar-refractivity contribution < 1.29 is 18.0 Å². The SMILES string of the molecule is CNC(=O)c1ccc([C@@H]2CCCCN2c2nccc(C(F)(F)F)n2)n1C. The first kappa shape index (κ1) is 18.2. The lowest BCUT2D eigenvalue weighted by atomic mass is 9.99. The van der Waals surface area contributed by atoms with E-state index >= 15 is 0 Å². The number of alkyl halides is 3. The summed E-state index contributed by atoms with van der Waals surface area (Å²) in [7, 11) is 3.33. The number of anilines is 1. The van der Waals surface area contributed by atoms with Gasteiger partial charge in [-0.15, -0.1) is 0 Å². The van der Waals surface area contributed by atoms with Gasteiger partial charge in [-0.25, -0.2) is 9.97 Å². The van der Waals surface area contributed by atoms with E-state index in [1.165, 1.54) is 0 Å². The highest BCUT2D eigenvalue weighted by Gasteiger charge is 2.35. The molecule has 1 amide bonds. The Hall–Kier alpha value is -2.58. The van der Waals surface area contributed by atoms with Crippen LogP contribution in [0.4, 0.5) is 19.1 Å². The molecule has 6 nitrogen and oxygen atoms in total. The fourth-order valence-electron chi connectivity index (χ4n) is 3.34. The van der Waals surface area contributed by atoms with E-state index in [4.69, 9.17) is 0 Å². The van der Waals surface area contributed by atoms with Crippen LogP contribution in [0.3, 0.4) is 0 Å². The second-order valence-electron chi connectivity index (χ2n) is 6.23. The number of halogens is 3. The van der Waals surface area contributed by atoms with Crippen LogP contribution in [0, 0.1) is 0 Å². The number of aromatic nitrogens is 3. The zero-order valence-corrected chi connectivity index (χ0v) is 14.5. The number of amides is 1. The first-order valence-corrected chi connectivity index (χ1v) is 8.37. The van der Waals surface area contributed by atoms with E-state index in [1.54, 1.807) is 29.6 Å². The molecule has 140 valence electrons. The Morgan fingerprint density at radius 1 is 1.27 bits per heavy atom. The molecule has 1 aliphatic rings. The van der Waals surface area contributed by atoms with E-state index < -0.39 is 11.9 Å². The lowest BCUT2D eigenvalue weighted by Gasteiger charge is -2.36. The predicted octanol–water partition coefficient (Wildman–Crippen LogP) is 2.93. The Bertz CT molecular complexity index is 802. The molecule has 0 unspecified atom stereocenters. The third kappa shape index (κ3) is 3.38. The third-order valence-corrected chi connectivity index (χ3v) is 4.65. The maximum absolute atomic E-state index is 13.0. The van der Waals surface area contributed by atoms with Gasteiger partial charge in [-0.05, 0) is 37.5 Å². The molecule has 26 heavy (non-hydrogen) atoms. The molecule has 0 bridgehead atoms. The fraction of sp³-hybridized carbons (Fsp3) is 0.471. The van der Waals surface area contributed by atoms with Gasteiger partial charge in [0.2, 0.25) is 5.95 Å². The third-order valence-electron chi connectivity index (χ3n) is 4.65. The number of carbonyl (C=O) groups excluding carboxylic acids is 1. The number of piperidine rings is 1. The van der Waals surface area contributed by atoms with Crippen LogP contribution < -0.4 is 10.2 Å². The molecule has 0 aliphatic carbocycles. The molecule has 1 N–H and O–H groups in total. The number of hydrogen-bond acceptors (Lipinski definition) is 4. The first-order chi connectivity index (χ1) is 12.3. The summed E-state index contributed by atoms with van der Waals surface area (Å²) in [5.74, 6) is -0.149. The topological polar surface area (TPSA) is 63.1 Å². The molecule has 2 aromatic rings. The fourth-order valence-corrected chi connectivity index (χ4v) is 3.34. The van der Waals surface area contributed by atoms with Gasteiger partial charge in [-0.3, -0.25) is 4.79 Å². The molecule has 0 aromatic carbocycles. The molecular weight excluding hydrogens is 347 g/mol. The molecule has 1 aliphatic heterocycles. The summed E-state index contributed by atoms with van der Waals surface area (Å²) in [6.45, 7) is 0.562. The summed E-state index contributed by atoms with van der Waals surface area (Å²) in [6, 6.07) is 4.24. The van der Waals surface area contributed by atoms with E-state index in [9.17, 15) is 18.0 Å². The van der Waals surface area contributed by atoms with E-state index in [2.05, 4.69) is 15.3 Å². The maximum atomic E-state index is 13.0. The van der Waals surface area contributed by atoms with Crippen LogP contribution in [0.2, 0.25) is 0 Å². The van der Waals surface area contributed by atoms with E-state index in [0.29, 0.717) is 12.2 Å². The zero-order valence-electron chi connectivity index (χ0n) is 14.5. The van der Waals surface area contributed by atoms with Crippen LogP contribution in [0.1, 0.15) is 47.2 Å². The number of hydrogen-bond donors (Lipinski definition) is 1. The quantitative estimate of drug-likeness (QED) is 0.906. The van der Waals surface area contributed by atoms with Gasteiger partial charge in [0, 0.05) is 32.5 Å². The van der Waals surface area contributed by atoms with Gasteiger partial charge < -0.3 is 14.8 Å². The molecule has 0 radical (unpaired) electrons. The molecule has 3 heterocycles. The zero-order chi connectivity index (χ0) is 18.9. The molecule has 2 aromatic heterocycles. The number of carbonyl (C=O) groups is 1. The minimum absolute atomic E-state index is 0.0622. The van der Waals surface area contributed by atoms with Gasteiger partial charge in [-0.2, -0.15) is 13.2 Å². The highest BCUT2D eigenvalue weighted by Crippen LogP contribution is 2.35. The van der Waals surface area contributed by atoms with Gasteiger partial charge >= 0.3 is 6.18 Å².